The van der Waals surface area contributed by atoms with Gasteiger partial charge in [0.15, 0.2) is 0 Å². The summed E-state index contributed by atoms with van der Waals surface area (Å²) in [6.45, 7) is 4.37. The quantitative estimate of drug-likeness (QED) is 0.879. The van der Waals surface area contributed by atoms with Crippen LogP contribution >= 0.6 is 12.4 Å². The number of hydrogen-bond donors (Lipinski definition) is 1. The SMILES string of the molecule is CN(C)C(=O)C(C)(C)NCc1ccoc1.Cl. The van der Waals surface area contributed by atoms with Crippen molar-refractivity contribution < 1.29 is 9.21 Å². The van der Waals surface area contributed by atoms with Crippen LogP contribution in [-0.2, 0) is 11.3 Å². The molecule has 16 heavy (non-hydrogen) atoms. The lowest BCUT2D eigenvalue weighted by Gasteiger charge is -2.28. The van der Waals surface area contributed by atoms with E-state index in [0.717, 1.165) is 5.56 Å². The summed E-state index contributed by atoms with van der Waals surface area (Å²) in [4.78, 5) is 13.3. The normalized spacial score (nSPS) is 10.8. The summed E-state index contributed by atoms with van der Waals surface area (Å²) in [6.07, 6.45) is 3.29. The molecule has 0 aromatic carbocycles. The molecule has 1 aromatic rings. The Hall–Kier alpha value is -1.00. The smallest absolute Gasteiger partial charge is 0.241 e. The number of carbonyl (C=O) groups excluding carboxylic acids is 1. The molecule has 92 valence electrons. The van der Waals surface area contributed by atoms with E-state index >= 15 is 0 Å². The number of hydrogen-bond acceptors (Lipinski definition) is 3. The number of nitrogens with zero attached hydrogens (tertiary/aromatic N) is 1. The van der Waals surface area contributed by atoms with Crippen molar-refractivity contribution in [2.75, 3.05) is 14.1 Å². The first kappa shape index (κ1) is 15.0. The maximum atomic E-state index is 11.8. The summed E-state index contributed by atoms with van der Waals surface area (Å²) in [5, 5.41) is 3.19. The van der Waals surface area contributed by atoms with Gasteiger partial charge < -0.3 is 9.32 Å². The maximum absolute atomic E-state index is 11.8. The van der Waals surface area contributed by atoms with Gasteiger partial charge in [-0.25, -0.2) is 0 Å². The van der Waals surface area contributed by atoms with Gasteiger partial charge in [-0.05, 0) is 19.9 Å². The highest BCUT2D eigenvalue weighted by molar-refractivity contribution is 5.85. The second-order valence-corrected chi connectivity index (χ2v) is 4.31. The molecule has 1 N–H and O–H groups in total. The van der Waals surface area contributed by atoms with Crippen LogP contribution in [0.1, 0.15) is 19.4 Å². The van der Waals surface area contributed by atoms with Gasteiger partial charge in [0.25, 0.3) is 0 Å². The number of carbonyl (C=O) groups is 1. The molecule has 1 amide bonds. The van der Waals surface area contributed by atoms with Gasteiger partial charge in [0.2, 0.25) is 5.91 Å². The number of rotatable bonds is 4. The molecule has 0 aliphatic carbocycles. The summed E-state index contributed by atoms with van der Waals surface area (Å²) in [5.41, 5.74) is 0.482. The summed E-state index contributed by atoms with van der Waals surface area (Å²) in [6, 6.07) is 1.88. The fraction of sp³-hybridized carbons (Fsp3) is 0.545. The molecule has 5 heteroatoms. The lowest BCUT2D eigenvalue weighted by Crippen LogP contribution is -2.51. The van der Waals surface area contributed by atoms with Crippen molar-refractivity contribution in [3.63, 3.8) is 0 Å². The molecule has 0 saturated heterocycles. The molecule has 0 radical (unpaired) electrons. The van der Waals surface area contributed by atoms with Gasteiger partial charge in [0.05, 0.1) is 18.1 Å². The molecule has 0 atom stereocenters. The average molecular weight is 247 g/mol. The zero-order chi connectivity index (χ0) is 11.5. The molecule has 0 saturated carbocycles. The number of nitrogens with one attached hydrogen (secondary N) is 1. The van der Waals surface area contributed by atoms with Crippen molar-refractivity contribution in [3.8, 4) is 0 Å². The lowest BCUT2D eigenvalue weighted by atomic mass is 10.0. The Morgan fingerprint density at radius 1 is 1.50 bits per heavy atom. The predicted octanol–water partition coefficient (Wildman–Crippen LogP) is 1.66. The highest BCUT2D eigenvalue weighted by Crippen LogP contribution is 2.08. The van der Waals surface area contributed by atoms with Crippen molar-refractivity contribution in [2.45, 2.75) is 25.9 Å². The Bertz CT molecular complexity index is 321. The summed E-state index contributed by atoms with van der Waals surface area (Å²) >= 11 is 0. The van der Waals surface area contributed by atoms with E-state index in [4.69, 9.17) is 4.42 Å². The van der Waals surface area contributed by atoms with Gasteiger partial charge in [-0.1, -0.05) is 0 Å². The molecule has 1 heterocycles. The highest BCUT2D eigenvalue weighted by atomic mass is 35.5. The third kappa shape index (κ3) is 3.87. The minimum Gasteiger partial charge on any atom is -0.472 e. The van der Waals surface area contributed by atoms with E-state index in [-0.39, 0.29) is 18.3 Å². The Morgan fingerprint density at radius 3 is 2.56 bits per heavy atom. The Balaban J connectivity index is 0.00000225. The van der Waals surface area contributed by atoms with Crippen LogP contribution in [0.3, 0.4) is 0 Å². The third-order valence-electron chi connectivity index (χ3n) is 2.26. The van der Waals surface area contributed by atoms with Crippen LogP contribution in [0.2, 0.25) is 0 Å². The van der Waals surface area contributed by atoms with E-state index < -0.39 is 5.54 Å². The van der Waals surface area contributed by atoms with Crippen LogP contribution in [-0.4, -0.2) is 30.4 Å². The number of furan rings is 1. The first-order valence-electron chi connectivity index (χ1n) is 4.91. The lowest BCUT2D eigenvalue weighted by molar-refractivity contribution is -0.134. The molecular formula is C11H19ClN2O2. The Labute approximate surface area is 102 Å². The molecular weight excluding hydrogens is 228 g/mol. The number of halogens is 1. The molecule has 0 fully saturated rings. The summed E-state index contributed by atoms with van der Waals surface area (Å²) in [7, 11) is 3.51. The zero-order valence-corrected chi connectivity index (χ0v) is 10.9. The van der Waals surface area contributed by atoms with Gasteiger partial charge >= 0.3 is 0 Å². The van der Waals surface area contributed by atoms with Gasteiger partial charge in [0, 0.05) is 26.2 Å². The van der Waals surface area contributed by atoms with Crippen molar-refractivity contribution in [1.82, 2.24) is 10.2 Å². The van der Waals surface area contributed by atoms with Crippen LogP contribution < -0.4 is 5.32 Å². The predicted molar refractivity (Wildman–Crippen MR) is 65.6 cm³/mol. The van der Waals surface area contributed by atoms with Crippen LogP contribution in [0, 0.1) is 0 Å². The second kappa shape index (κ2) is 5.92. The number of likely N-dealkylation sites (N-methyl/N-ethyl adjacent to an activating group) is 1. The minimum absolute atomic E-state index is 0. The molecule has 0 aliphatic heterocycles. The van der Waals surface area contributed by atoms with E-state index in [2.05, 4.69) is 5.32 Å². The molecule has 1 rings (SSSR count). The van der Waals surface area contributed by atoms with Gasteiger partial charge in [-0.15, -0.1) is 12.4 Å². The van der Waals surface area contributed by atoms with Crippen molar-refractivity contribution >= 4 is 18.3 Å². The minimum atomic E-state index is -0.555. The molecule has 4 nitrogen and oxygen atoms in total. The van der Waals surface area contributed by atoms with Gasteiger partial charge in [0.1, 0.15) is 0 Å². The van der Waals surface area contributed by atoms with Crippen molar-refractivity contribution in [3.05, 3.63) is 24.2 Å². The fourth-order valence-electron chi connectivity index (χ4n) is 1.35. The second-order valence-electron chi connectivity index (χ2n) is 4.31. The van der Waals surface area contributed by atoms with Gasteiger partial charge in [-0.3, -0.25) is 10.1 Å². The van der Waals surface area contributed by atoms with E-state index in [1.807, 2.05) is 19.9 Å². The van der Waals surface area contributed by atoms with Crippen LogP contribution in [0.25, 0.3) is 0 Å². The monoisotopic (exact) mass is 246 g/mol. The first-order chi connectivity index (χ1) is 6.93. The fourth-order valence-corrected chi connectivity index (χ4v) is 1.35. The molecule has 0 aliphatic rings. The standard InChI is InChI=1S/C11H18N2O2.ClH/c1-11(2,10(14)13(3)4)12-7-9-5-6-15-8-9;/h5-6,8,12H,7H2,1-4H3;1H. The van der Waals surface area contributed by atoms with E-state index in [1.165, 1.54) is 0 Å². The van der Waals surface area contributed by atoms with Crippen molar-refractivity contribution in [1.29, 1.82) is 0 Å². The first-order valence-corrected chi connectivity index (χ1v) is 4.91. The topological polar surface area (TPSA) is 45.5 Å². The summed E-state index contributed by atoms with van der Waals surface area (Å²) in [5.74, 6) is 0.0611. The van der Waals surface area contributed by atoms with Crippen LogP contribution in [0.15, 0.2) is 23.0 Å². The van der Waals surface area contributed by atoms with Gasteiger partial charge in [-0.2, -0.15) is 0 Å². The van der Waals surface area contributed by atoms with Crippen LogP contribution in [0.5, 0.6) is 0 Å². The third-order valence-corrected chi connectivity index (χ3v) is 2.26. The summed E-state index contributed by atoms with van der Waals surface area (Å²) < 4.78 is 4.95. The average Bonchev–Trinajstić information content (AvgIpc) is 2.66. The highest BCUT2D eigenvalue weighted by Gasteiger charge is 2.28. The molecule has 1 aromatic heterocycles. The van der Waals surface area contributed by atoms with Crippen molar-refractivity contribution in [2.24, 2.45) is 0 Å². The zero-order valence-electron chi connectivity index (χ0n) is 10.1. The van der Waals surface area contributed by atoms with E-state index in [9.17, 15) is 4.79 Å². The van der Waals surface area contributed by atoms with E-state index in [1.54, 1.807) is 31.5 Å². The Morgan fingerprint density at radius 2 is 2.12 bits per heavy atom. The Kier molecular flexibility index (Phi) is 5.55. The number of amides is 1. The van der Waals surface area contributed by atoms with E-state index in [0.29, 0.717) is 6.54 Å². The molecule has 0 spiro atoms. The molecule has 0 bridgehead atoms. The van der Waals surface area contributed by atoms with Crippen LogP contribution in [0.4, 0.5) is 0 Å². The largest absolute Gasteiger partial charge is 0.472 e. The maximum Gasteiger partial charge on any atom is 0.241 e. The molecule has 0 unspecified atom stereocenters.